The zero-order chi connectivity index (χ0) is 15.3. The summed E-state index contributed by atoms with van der Waals surface area (Å²) in [5.74, 6) is -0.110. The van der Waals surface area contributed by atoms with Gasteiger partial charge < -0.3 is 10.1 Å². The smallest absolute Gasteiger partial charge is 0.250 e. The standard InChI is InChI=1S/C17H25NO2S/c1-17(2,3)20-12-16(19)18-13-8-10-15(11-9-13)21-14-6-4-5-7-14/h8-11,14H,4-7,12H2,1-3H3,(H,18,19). The summed E-state index contributed by atoms with van der Waals surface area (Å²) in [7, 11) is 0. The predicted molar refractivity (Wildman–Crippen MR) is 88.9 cm³/mol. The lowest BCUT2D eigenvalue weighted by molar-refractivity contribution is -0.125. The van der Waals surface area contributed by atoms with Crippen LogP contribution in [0.4, 0.5) is 5.69 Å². The highest BCUT2D eigenvalue weighted by molar-refractivity contribution is 8.00. The first-order chi connectivity index (χ1) is 9.92. The summed E-state index contributed by atoms with van der Waals surface area (Å²) < 4.78 is 5.46. The normalized spacial score (nSPS) is 16.1. The van der Waals surface area contributed by atoms with Crippen molar-refractivity contribution in [3.05, 3.63) is 24.3 Å². The maximum Gasteiger partial charge on any atom is 0.250 e. The van der Waals surface area contributed by atoms with E-state index >= 15 is 0 Å². The number of amides is 1. The molecule has 0 heterocycles. The van der Waals surface area contributed by atoms with Gasteiger partial charge in [0.25, 0.3) is 0 Å². The molecule has 21 heavy (non-hydrogen) atoms. The van der Waals surface area contributed by atoms with Crippen LogP contribution in [-0.4, -0.2) is 23.4 Å². The molecular formula is C17H25NO2S. The van der Waals surface area contributed by atoms with Gasteiger partial charge in [-0.3, -0.25) is 4.79 Å². The van der Waals surface area contributed by atoms with Crippen molar-refractivity contribution in [3.63, 3.8) is 0 Å². The van der Waals surface area contributed by atoms with Crippen LogP contribution in [0.1, 0.15) is 46.5 Å². The number of carbonyl (C=O) groups is 1. The van der Waals surface area contributed by atoms with Crippen LogP contribution >= 0.6 is 11.8 Å². The van der Waals surface area contributed by atoms with Crippen LogP contribution in [-0.2, 0) is 9.53 Å². The summed E-state index contributed by atoms with van der Waals surface area (Å²) in [6.45, 7) is 5.90. The molecule has 1 aliphatic rings. The molecule has 1 fully saturated rings. The first-order valence-electron chi connectivity index (χ1n) is 7.63. The zero-order valence-corrected chi connectivity index (χ0v) is 14.0. The molecular weight excluding hydrogens is 282 g/mol. The van der Waals surface area contributed by atoms with E-state index in [1.807, 2.05) is 44.7 Å². The lowest BCUT2D eigenvalue weighted by Crippen LogP contribution is -2.27. The molecule has 1 saturated carbocycles. The van der Waals surface area contributed by atoms with E-state index in [0.717, 1.165) is 10.9 Å². The fraction of sp³-hybridized carbons (Fsp3) is 0.588. The molecule has 0 radical (unpaired) electrons. The minimum absolute atomic E-state index is 0.0854. The monoisotopic (exact) mass is 307 g/mol. The van der Waals surface area contributed by atoms with Crippen molar-refractivity contribution >= 4 is 23.4 Å². The second-order valence-corrected chi connectivity index (χ2v) is 7.87. The number of nitrogens with one attached hydrogen (secondary N) is 1. The van der Waals surface area contributed by atoms with Gasteiger partial charge in [-0.15, -0.1) is 11.8 Å². The highest BCUT2D eigenvalue weighted by Gasteiger charge is 2.16. The molecule has 0 atom stereocenters. The van der Waals surface area contributed by atoms with Crippen LogP contribution in [0.3, 0.4) is 0 Å². The number of thioether (sulfide) groups is 1. The Morgan fingerprint density at radius 3 is 2.43 bits per heavy atom. The lowest BCUT2D eigenvalue weighted by atomic mass is 10.2. The number of rotatable bonds is 5. The van der Waals surface area contributed by atoms with Crippen molar-refractivity contribution in [1.29, 1.82) is 0 Å². The molecule has 0 unspecified atom stereocenters. The molecule has 0 bridgehead atoms. The SMILES string of the molecule is CC(C)(C)OCC(=O)Nc1ccc(SC2CCCC2)cc1. The largest absolute Gasteiger partial charge is 0.366 e. The Labute approximate surface area is 131 Å². The topological polar surface area (TPSA) is 38.3 Å². The Morgan fingerprint density at radius 2 is 1.86 bits per heavy atom. The molecule has 1 aromatic rings. The maximum atomic E-state index is 11.8. The van der Waals surface area contributed by atoms with Gasteiger partial charge in [-0.2, -0.15) is 0 Å². The van der Waals surface area contributed by atoms with E-state index in [0.29, 0.717) is 0 Å². The van der Waals surface area contributed by atoms with Gasteiger partial charge in [0.2, 0.25) is 5.91 Å². The van der Waals surface area contributed by atoms with Crippen LogP contribution in [0, 0.1) is 0 Å². The molecule has 3 nitrogen and oxygen atoms in total. The molecule has 2 rings (SSSR count). The van der Waals surface area contributed by atoms with Crippen molar-refractivity contribution in [2.45, 2.75) is 62.2 Å². The van der Waals surface area contributed by atoms with Gasteiger partial charge in [0.1, 0.15) is 6.61 Å². The highest BCUT2D eigenvalue weighted by atomic mass is 32.2. The summed E-state index contributed by atoms with van der Waals surface area (Å²) >= 11 is 1.96. The lowest BCUT2D eigenvalue weighted by Gasteiger charge is -2.19. The molecule has 0 aromatic heterocycles. The van der Waals surface area contributed by atoms with Gasteiger partial charge in [0, 0.05) is 15.8 Å². The van der Waals surface area contributed by atoms with Gasteiger partial charge in [-0.1, -0.05) is 12.8 Å². The van der Waals surface area contributed by atoms with E-state index in [9.17, 15) is 4.79 Å². The average Bonchev–Trinajstić information content (AvgIpc) is 2.91. The third kappa shape index (κ3) is 6.10. The number of hydrogen-bond donors (Lipinski definition) is 1. The number of carbonyl (C=O) groups excluding carboxylic acids is 1. The van der Waals surface area contributed by atoms with Gasteiger partial charge in [0.15, 0.2) is 0 Å². The van der Waals surface area contributed by atoms with Crippen LogP contribution in [0.5, 0.6) is 0 Å². The van der Waals surface area contributed by atoms with E-state index in [2.05, 4.69) is 17.4 Å². The molecule has 4 heteroatoms. The van der Waals surface area contributed by atoms with E-state index in [-0.39, 0.29) is 18.1 Å². The Hall–Kier alpha value is -1.00. The van der Waals surface area contributed by atoms with Gasteiger partial charge >= 0.3 is 0 Å². The third-order valence-electron chi connectivity index (χ3n) is 3.38. The van der Waals surface area contributed by atoms with Gasteiger partial charge in [0.05, 0.1) is 5.60 Å². The van der Waals surface area contributed by atoms with Gasteiger partial charge in [-0.25, -0.2) is 0 Å². The molecule has 1 N–H and O–H groups in total. The molecule has 1 aromatic carbocycles. The number of benzene rings is 1. The number of ether oxygens (including phenoxy) is 1. The van der Waals surface area contributed by atoms with Crippen LogP contribution in [0.25, 0.3) is 0 Å². The van der Waals surface area contributed by atoms with Crippen molar-refractivity contribution in [2.24, 2.45) is 0 Å². The second kappa shape index (κ2) is 7.32. The minimum Gasteiger partial charge on any atom is -0.366 e. The highest BCUT2D eigenvalue weighted by Crippen LogP contribution is 2.34. The molecule has 0 aliphatic heterocycles. The fourth-order valence-electron chi connectivity index (χ4n) is 2.29. The predicted octanol–water partition coefficient (Wildman–Crippen LogP) is 4.47. The summed E-state index contributed by atoms with van der Waals surface area (Å²) in [5.41, 5.74) is 0.535. The Morgan fingerprint density at radius 1 is 1.24 bits per heavy atom. The molecule has 1 amide bonds. The number of anilines is 1. The first kappa shape index (κ1) is 16.4. The quantitative estimate of drug-likeness (QED) is 0.872. The zero-order valence-electron chi connectivity index (χ0n) is 13.1. The van der Waals surface area contributed by atoms with Gasteiger partial charge in [-0.05, 0) is 57.9 Å². The Bertz CT molecular complexity index is 459. The molecule has 1 aliphatic carbocycles. The minimum atomic E-state index is -0.293. The summed E-state index contributed by atoms with van der Waals surface area (Å²) in [6, 6.07) is 8.10. The van der Waals surface area contributed by atoms with Crippen molar-refractivity contribution in [3.8, 4) is 0 Å². The fourth-order valence-corrected chi connectivity index (χ4v) is 3.54. The number of hydrogen-bond acceptors (Lipinski definition) is 3. The molecule has 116 valence electrons. The van der Waals surface area contributed by atoms with E-state index < -0.39 is 0 Å². The van der Waals surface area contributed by atoms with Crippen LogP contribution in [0.2, 0.25) is 0 Å². The van der Waals surface area contributed by atoms with Crippen LogP contribution < -0.4 is 5.32 Å². The van der Waals surface area contributed by atoms with E-state index in [1.165, 1.54) is 30.6 Å². The van der Waals surface area contributed by atoms with Crippen molar-refractivity contribution in [2.75, 3.05) is 11.9 Å². The van der Waals surface area contributed by atoms with Crippen molar-refractivity contribution < 1.29 is 9.53 Å². The van der Waals surface area contributed by atoms with Crippen molar-refractivity contribution in [1.82, 2.24) is 0 Å². The summed E-state index contributed by atoms with van der Waals surface area (Å²) in [5, 5.41) is 3.63. The van der Waals surface area contributed by atoms with Crippen LogP contribution in [0.15, 0.2) is 29.2 Å². The maximum absolute atomic E-state index is 11.8. The third-order valence-corrected chi connectivity index (χ3v) is 4.73. The second-order valence-electron chi connectivity index (χ2n) is 6.50. The summed E-state index contributed by atoms with van der Waals surface area (Å²) in [4.78, 5) is 13.1. The summed E-state index contributed by atoms with van der Waals surface area (Å²) in [6.07, 6.45) is 5.37. The Kier molecular flexibility index (Phi) is 5.71. The molecule has 0 saturated heterocycles. The molecule has 0 spiro atoms. The average molecular weight is 307 g/mol. The van der Waals surface area contributed by atoms with E-state index in [1.54, 1.807) is 0 Å². The first-order valence-corrected chi connectivity index (χ1v) is 8.51. The Balaban J connectivity index is 1.80. The van der Waals surface area contributed by atoms with E-state index in [4.69, 9.17) is 4.74 Å².